The lowest BCUT2D eigenvalue weighted by atomic mass is 9.87. The van der Waals surface area contributed by atoms with Crippen LogP contribution in [0.3, 0.4) is 0 Å². The third-order valence-electron chi connectivity index (χ3n) is 9.97. The Bertz CT molecular complexity index is 2690. The summed E-state index contributed by atoms with van der Waals surface area (Å²) in [5, 5.41) is 7.46. The van der Waals surface area contributed by atoms with Crippen molar-refractivity contribution in [2.45, 2.75) is 0 Å². The van der Waals surface area contributed by atoms with Crippen LogP contribution in [0.5, 0.6) is 0 Å². The Morgan fingerprint density at radius 3 is 1.94 bits per heavy atom. The summed E-state index contributed by atoms with van der Waals surface area (Å²) in [6.45, 7) is 0. The van der Waals surface area contributed by atoms with Crippen LogP contribution >= 0.6 is 0 Å². The molecule has 2 heterocycles. The molecule has 1 aliphatic rings. The predicted octanol–water partition coefficient (Wildman–Crippen LogP) is 13.1. The van der Waals surface area contributed by atoms with Gasteiger partial charge in [0.05, 0.1) is 29.0 Å². The van der Waals surface area contributed by atoms with Crippen LogP contribution in [-0.2, 0) is 0 Å². The second-order valence-corrected chi connectivity index (χ2v) is 12.8. The van der Waals surface area contributed by atoms with Gasteiger partial charge in [0.15, 0.2) is 0 Å². The van der Waals surface area contributed by atoms with Crippen molar-refractivity contribution >= 4 is 66.4 Å². The van der Waals surface area contributed by atoms with Gasteiger partial charge in [0.2, 0.25) is 0 Å². The second kappa shape index (κ2) is 11.5. The highest BCUT2D eigenvalue weighted by Gasteiger charge is 2.27. The molecule has 3 heteroatoms. The molecule has 234 valence electrons. The molecule has 0 bridgehead atoms. The number of hydrogen-bond acceptors (Lipinski definition) is 3. The molecule has 0 saturated carbocycles. The molecule has 1 aromatic heterocycles. The minimum Gasteiger partial charge on any atom is -0.309 e. The number of fused-ring (bicyclic) bond motifs is 5. The van der Waals surface area contributed by atoms with Gasteiger partial charge in [0.25, 0.3) is 0 Å². The van der Waals surface area contributed by atoms with Crippen LogP contribution in [0.15, 0.2) is 188 Å². The maximum Gasteiger partial charge on any atom is 0.0703 e. The number of hydrogen-bond donors (Lipinski definition) is 0. The van der Waals surface area contributed by atoms with Crippen LogP contribution in [0.4, 0.5) is 34.1 Å². The molecule has 0 aliphatic carbocycles. The van der Waals surface area contributed by atoms with Crippen molar-refractivity contribution in [3.63, 3.8) is 0 Å². The number of benzene rings is 8. The normalized spacial score (nSPS) is 12.0. The van der Waals surface area contributed by atoms with E-state index in [2.05, 4.69) is 186 Å². The van der Waals surface area contributed by atoms with Crippen LogP contribution in [0.25, 0.3) is 54.7 Å². The molecule has 10 rings (SSSR count). The molecule has 9 aromatic rings. The van der Waals surface area contributed by atoms with Gasteiger partial charge in [-0.1, -0.05) is 121 Å². The summed E-state index contributed by atoms with van der Waals surface area (Å²) in [4.78, 5) is 9.64. The molecule has 0 saturated heterocycles. The van der Waals surface area contributed by atoms with Crippen molar-refractivity contribution in [3.8, 4) is 22.4 Å². The molecule has 0 spiro atoms. The molecule has 1 aliphatic heterocycles. The molecule has 8 aromatic carbocycles. The summed E-state index contributed by atoms with van der Waals surface area (Å²) in [5.41, 5.74) is 11.3. The van der Waals surface area contributed by atoms with Gasteiger partial charge in [-0.25, -0.2) is 0 Å². The first kappa shape index (κ1) is 28.3. The van der Waals surface area contributed by atoms with Gasteiger partial charge in [0.1, 0.15) is 0 Å². The highest BCUT2D eigenvalue weighted by molar-refractivity contribution is 6.19. The maximum absolute atomic E-state index is 4.92. The average Bonchev–Trinajstić information content (AvgIpc) is 3.19. The van der Waals surface area contributed by atoms with Crippen LogP contribution in [-0.4, -0.2) is 4.98 Å². The second-order valence-electron chi connectivity index (χ2n) is 12.8. The number of pyridine rings is 1. The van der Waals surface area contributed by atoms with Gasteiger partial charge in [-0.15, -0.1) is 0 Å². The van der Waals surface area contributed by atoms with Crippen molar-refractivity contribution in [2.24, 2.45) is 0 Å². The molecular formula is C47H31N3. The molecule has 0 radical (unpaired) electrons. The van der Waals surface area contributed by atoms with E-state index in [0.717, 1.165) is 34.0 Å². The quantitative estimate of drug-likeness (QED) is 0.187. The summed E-state index contributed by atoms with van der Waals surface area (Å²) >= 11 is 0. The van der Waals surface area contributed by atoms with E-state index in [0.29, 0.717) is 0 Å². The Hall–Kier alpha value is -6.71. The zero-order valence-electron chi connectivity index (χ0n) is 27.2. The van der Waals surface area contributed by atoms with Gasteiger partial charge < -0.3 is 9.80 Å². The van der Waals surface area contributed by atoms with E-state index in [1.54, 1.807) is 0 Å². The van der Waals surface area contributed by atoms with E-state index >= 15 is 0 Å². The fraction of sp³-hybridized carbons (Fsp3) is 0. The maximum atomic E-state index is 4.92. The Labute approximate surface area is 290 Å². The first-order valence-corrected chi connectivity index (χ1v) is 17.0. The first-order valence-electron chi connectivity index (χ1n) is 17.0. The Balaban J connectivity index is 1.12. The third-order valence-corrected chi connectivity index (χ3v) is 9.97. The number of rotatable bonds is 5. The smallest absolute Gasteiger partial charge is 0.0703 e. The molecule has 0 amide bonds. The SMILES string of the molecule is c1ccc(-c2ccc(N(c3ccc(N4c5ccc6ccccc6c5-c5cccc6cccc4c56)cc3)c3ccc4ccccc4c3)cn2)cc1. The molecule has 0 fully saturated rings. The molecule has 50 heavy (non-hydrogen) atoms. The predicted molar refractivity (Wildman–Crippen MR) is 211 cm³/mol. The average molecular weight is 638 g/mol. The highest BCUT2D eigenvalue weighted by atomic mass is 15.2. The monoisotopic (exact) mass is 637 g/mol. The fourth-order valence-corrected chi connectivity index (χ4v) is 7.67. The third kappa shape index (κ3) is 4.56. The van der Waals surface area contributed by atoms with E-state index < -0.39 is 0 Å². The van der Waals surface area contributed by atoms with Gasteiger partial charge in [0, 0.05) is 33.6 Å². The van der Waals surface area contributed by atoms with E-state index in [1.807, 2.05) is 12.3 Å². The van der Waals surface area contributed by atoms with Crippen molar-refractivity contribution in [1.82, 2.24) is 4.98 Å². The van der Waals surface area contributed by atoms with Gasteiger partial charge in [-0.2, -0.15) is 0 Å². The Morgan fingerprint density at radius 2 is 1.12 bits per heavy atom. The van der Waals surface area contributed by atoms with Crippen molar-refractivity contribution < 1.29 is 0 Å². The number of anilines is 6. The van der Waals surface area contributed by atoms with Crippen LogP contribution < -0.4 is 9.80 Å². The molecule has 3 nitrogen and oxygen atoms in total. The number of aromatic nitrogens is 1. The number of nitrogens with zero attached hydrogens (tertiary/aromatic N) is 3. The summed E-state index contributed by atoms with van der Waals surface area (Å²) in [6, 6.07) is 65.3. The minimum absolute atomic E-state index is 0.953. The Kier molecular flexibility index (Phi) is 6.49. The van der Waals surface area contributed by atoms with Crippen molar-refractivity contribution in [2.75, 3.05) is 9.80 Å². The zero-order chi connectivity index (χ0) is 33.0. The summed E-state index contributed by atoms with van der Waals surface area (Å²) in [7, 11) is 0. The molecule has 0 atom stereocenters. The topological polar surface area (TPSA) is 19.4 Å². The molecular weight excluding hydrogens is 607 g/mol. The summed E-state index contributed by atoms with van der Waals surface area (Å²) in [5.74, 6) is 0. The first-order chi connectivity index (χ1) is 24.8. The minimum atomic E-state index is 0.953. The van der Waals surface area contributed by atoms with E-state index in [-0.39, 0.29) is 0 Å². The van der Waals surface area contributed by atoms with E-state index in [9.17, 15) is 0 Å². The van der Waals surface area contributed by atoms with Gasteiger partial charge in [-0.3, -0.25) is 4.98 Å². The van der Waals surface area contributed by atoms with Crippen molar-refractivity contribution in [1.29, 1.82) is 0 Å². The largest absolute Gasteiger partial charge is 0.309 e. The van der Waals surface area contributed by atoms with E-state index in [1.165, 1.54) is 54.8 Å². The zero-order valence-corrected chi connectivity index (χ0v) is 27.2. The lowest BCUT2D eigenvalue weighted by Crippen LogP contribution is -2.16. The van der Waals surface area contributed by atoms with Crippen LogP contribution in [0.1, 0.15) is 0 Å². The lowest BCUT2D eigenvalue weighted by Gasteiger charge is -2.34. The Morgan fingerprint density at radius 1 is 0.440 bits per heavy atom. The van der Waals surface area contributed by atoms with Gasteiger partial charge >= 0.3 is 0 Å². The molecule has 0 N–H and O–H groups in total. The van der Waals surface area contributed by atoms with Crippen LogP contribution in [0.2, 0.25) is 0 Å². The lowest BCUT2D eigenvalue weighted by molar-refractivity contribution is 1.23. The highest BCUT2D eigenvalue weighted by Crippen LogP contribution is 2.53. The van der Waals surface area contributed by atoms with E-state index in [4.69, 9.17) is 4.98 Å². The van der Waals surface area contributed by atoms with Crippen LogP contribution in [0, 0.1) is 0 Å². The molecule has 0 unspecified atom stereocenters. The van der Waals surface area contributed by atoms with Crippen molar-refractivity contribution in [3.05, 3.63) is 188 Å². The fourth-order valence-electron chi connectivity index (χ4n) is 7.67. The summed E-state index contributed by atoms with van der Waals surface area (Å²) < 4.78 is 0. The van der Waals surface area contributed by atoms with Gasteiger partial charge in [-0.05, 0) is 93.2 Å². The standard InChI is InChI=1S/C47H31N3/c1-2-12-34(13-3-1)43-28-27-40(31-48-43)49(39-22-20-32-10-4-5-14-36(32)30-39)37-23-25-38(26-24-37)50-44-19-9-16-35-15-8-18-42(46(35)44)47-41-17-7-6-11-33(41)21-29-45(47)50/h1-31H. The summed E-state index contributed by atoms with van der Waals surface area (Å²) in [6.07, 6.45) is 1.98.